The van der Waals surface area contributed by atoms with Gasteiger partial charge in [-0.25, -0.2) is 0 Å². The van der Waals surface area contributed by atoms with Crippen molar-refractivity contribution in [3.63, 3.8) is 0 Å². The van der Waals surface area contributed by atoms with Gasteiger partial charge in [0.2, 0.25) is 11.8 Å². The molecular formula is C25H26N4O4. The highest BCUT2D eigenvalue weighted by molar-refractivity contribution is 5.93. The highest BCUT2D eigenvalue weighted by atomic mass is 16.5. The number of nitrogens with two attached hydrogens (primary N) is 1. The average molecular weight is 447 g/mol. The molecule has 4 rings (SSSR count). The molecule has 1 saturated heterocycles. The predicted octanol–water partition coefficient (Wildman–Crippen LogP) is 2.92. The lowest BCUT2D eigenvalue weighted by Crippen LogP contribution is -2.43. The molecule has 170 valence electrons. The number of para-hydroxylation sites is 1. The van der Waals surface area contributed by atoms with Crippen LogP contribution >= 0.6 is 0 Å². The lowest BCUT2D eigenvalue weighted by Gasteiger charge is -2.33. The van der Waals surface area contributed by atoms with E-state index in [1.807, 2.05) is 31.2 Å². The van der Waals surface area contributed by atoms with Gasteiger partial charge in [0.15, 0.2) is 0 Å². The number of ether oxygens (including phenoxy) is 2. The van der Waals surface area contributed by atoms with Gasteiger partial charge in [-0.2, -0.15) is 0 Å². The normalized spacial score (nSPS) is 15.8. The molecule has 1 fully saturated rings. The Morgan fingerprint density at radius 2 is 1.88 bits per heavy atom. The van der Waals surface area contributed by atoms with Crippen LogP contribution in [0.4, 0.5) is 0 Å². The molecule has 8 heteroatoms. The van der Waals surface area contributed by atoms with E-state index in [-0.39, 0.29) is 12.3 Å². The zero-order chi connectivity index (χ0) is 23.2. The van der Waals surface area contributed by atoms with Crippen LogP contribution in [-0.2, 0) is 9.53 Å². The van der Waals surface area contributed by atoms with Gasteiger partial charge in [-0.1, -0.05) is 30.3 Å². The van der Waals surface area contributed by atoms with E-state index in [1.165, 1.54) is 0 Å². The van der Waals surface area contributed by atoms with Gasteiger partial charge in [-0.15, -0.1) is 0 Å². The SMILES string of the molecule is Cc1ccccc1OCCC(=O)N1CCO[C@H](c2nccnc2-c2ccc(C(N)=O)cc2)C1. The van der Waals surface area contributed by atoms with Crippen molar-refractivity contribution in [1.29, 1.82) is 0 Å². The molecule has 2 heterocycles. The van der Waals surface area contributed by atoms with Gasteiger partial charge in [-0.05, 0) is 30.7 Å². The zero-order valence-electron chi connectivity index (χ0n) is 18.4. The van der Waals surface area contributed by atoms with E-state index in [2.05, 4.69) is 9.97 Å². The minimum Gasteiger partial charge on any atom is -0.493 e. The topological polar surface area (TPSA) is 108 Å². The summed E-state index contributed by atoms with van der Waals surface area (Å²) in [4.78, 5) is 34.9. The minimum atomic E-state index is -0.489. The summed E-state index contributed by atoms with van der Waals surface area (Å²) in [6.45, 7) is 3.60. The Hall–Kier alpha value is -3.78. The lowest BCUT2D eigenvalue weighted by molar-refractivity contribution is -0.139. The second-order valence-electron chi connectivity index (χ2n) is 7.79. The van der Waals surface area contributed by atoms with Gasteiger partial charge in [0, 0.05) is 30.1 Å². The zero-order valence-corrected chi connectivity index (χ0v) is 18.4. The molecule has 2 aromatic carbocycles. The van der Waals surface area contributed by atoms with Crippen molar-refractivity contribution >= 4 is 11.8 Å². The molecule has 0 radical (unpaired) electrons. The van der Waals surface area contributed by atoms with Crippen LogP contribution < -0.4 is 10.5 Å². The average Bonchev–Trinajstić information content (AvgIpc) is 2.85. The second kappa shape index (κ2) is 10.2. The number of morpholine rings is 1. The smallest absolute Gasteiger partial charge is 0.248 e. The number of nitrogens with zero attached hydrogens (tertiary/aromatic N) is 3. The second-order valence-corrected chi connectivity index (χ2v) is 7.79. The third-order valence-electron chi connectivity index (χ3n) is 5.56. The maximum absolute atomic E-state index is 12.8. The lowest BCUT2D eigenvalue weighted by atomic mass is 10.0. The highest BCUT2D eigenvalue weighted by Crippen LogP contribution is 2.29. The van der Waals surface area contributed by atoms with Crippen molar-refractivity contribution in [2.24, 2.45) is 5.73 Å². The summed E-state index contributed by atoms with van der Waals surface area (Å²) in [6, 6.07) is 14.6. The first kappa shape index (κ1) is 22.4. The van der Waals surface area contributed by atoms with Gasteiger partial charge >= 0.3 is 0 Å². The number of aromatic nitrogens is 2. The molecule has 0 bridgehead atoms. The van der Waals surface area contributed by atoms with Gasteiger partial charge in [0.25, 0.3) is 0 Å². The number of amides is 2. The molecule has 1 aromatic heterocycles. The first-order valence-corrected chi connectivity index (χ1v) is 10.8. The van der Waals surface area contributed by atoms with Crippen LogP contribution in [0.25, 0.3) is 11.3 Å². The largest absolute Gasteiger partial charge is 0.493 e. The number of carbonyl (C=O) groups is 2. The fourth-order valence-electron chi connectivity index (χ4n) is 3.77. The predicted molar refractivity (Wildman–Crippen MR) is 123 cm³/mol. The van der Waals surface area contributed by atoms with Crippen molar-refractivity contribution in [3.8, 4) is 17.0 Å². The Kier molecular flexibility index (Phi) is 6.95. The summed E-state index contributed by atoms with van der Waals surface area (Å²) in [6.07, 6.45) is 3.09. The fraction of sp³-hybridized carbons (Fsp3) is 0.280. The molecule has 33 heavy (non-hydrogen) atoms. The Bertz CT molecular complexity index is 1130. The number of hydrogen-bond acceptors (Lipinski definition) is 6. The molecule has 2 N–H and O–H groups in total. The van der Waals surface area contributed by atoms with Crippen molar-refractivity contribution in [2.75, 3.05) is 26.3 Å². The van der Waals surface area contributed by atoms with Crippen molar-refractivity contribution < 1.29 is 19.1 Å². The molecular weight excluding hydrogens is 420 g/mol. The van der Waals surface area contributed by atoms with Crippen molar-refractivity contribution in [3.05, 3.63) is 77.7 Å². The van der Waals surface area contributed by atoms with Gasteiger partial charge in [0.1, 0.15) is 11.9 Å². The Morgan fingerprint density at radius 3 is 2.64 bits per heavy atom. The highest BCUT2D eigenvalue weighted by Gasteiger charge is 2.28. The number of carbonyl (C=O) groups excluding carboxylic acids is 2. The molecule has 8 nitrogen and oxygen atoms in total. The molecule has 0 aliphatic carbocycles. The quantitative estimate of drug-likeness (QED) is 0.598. The third kappa shape index (κ3) is 5.35. The first-order chi connectivity index (χ1) is 16.0. The number of hydrogen-bond donors (Lipinski definition) is 1. The number of aryl methyl sites for hydroxylation is 1. The minimum absolute atomic E-state index is 0.00753. The first-order valence-electron chi connectivity index (χ1n) is 10.8. The number of rotatable bonds is 7. The van der Waals surface area contributed by atoms with Gasteiger partial charge < -0.3 is 20.1 Å². The van der Waals surface area contributed by atoms with E-state index in [4.69, 9.17) is 15.2 Å². The fourth-order valence-corrected chi connectivity index (χ4v) is 3.77. The van der Waals surface area contributed by atoms with E-state index in [1.54, 1.807) is 41.6 Å². The van der Waals surface area contributed by atoms with E-state index < -0.39 is 12.0 Å². The van der Waals surface area contributed by atoms with Crippen LogP contribution in [0.2, 0.25) is 0 Å². The Labute approximate surface area is 192 Å². The van der Waals surface area contributed by atoms with Gasteiger partial charge in [0.05, 0.1) is 37.6 Å². The molecule has 3 aromatic rings. The van der Waals surface area contributed by atoms with Crippen LogP contribution in [-0.4, -0.2) is 53.0 Å². The Balaban J connectivity index is 1.42. The third-order valence-corrected chi connectivity index (χ3v) is 5.56. The molecule has 1 atom stereocenters. The van der Waals surface area contributed by atoms with E-state index in [9.17, 15) is 9.59 Å². The van der Waals surface area contributed by atoms with E-state index in [0.717, 1.165) is 16.9 Å². The van der Waals surface area contributed by atoms with Crippen LogP contribution in [0, 0.1) is 6.92 Å². The maximum atomic E-state index is 12.8. The summed E-state index contributed by atoms with van der Waals surface area (Å²) in [5.74, 6) is 0.307. The molecule has 2 amide bonds. The monoisotopic (exact) mass is 446 g/mol. The summed E-state index contributed by atoms with van der Waals surface area (Å²) < 4.78 is 11.7. The number of primary amides is 1. The van der Waals surface area contributed by atoms with Crippen molar-refractivity contribution in [2.45, 2.75) is 19.4 Å². The Morgan fingerprint density at radius 1 is 1.12 bits per heavy atom. The van der Waals surface area contributed by atoms with Crippen molar-refractivity contribution in [1.82, 2.24) is 14.9 Å². The molecule has 0 spiro atoms. The summed E-state index contributed by atoms with van der Waals surface area (Å²) in [7, 11) is 0. The van der Waals surface area contributed by atoms with E-state index in [0.29, 0.717) is 43.3 Å². The van der Waals surface area contributed by atoms with Crippen LogP contribution in [0.15, 0.2) is 60.9 Å². The molecule has 1 aliphatic heterocycles. The van der Waals surface area contributed by atoms with Crippen LogP contribution in [0.3, 0.4) is 0 Å². The summed E-state index contributed by atoms with van der Waals surface area (Å²) in [5, 5.41) is 0. The van der Waals surface area contributed by atoms with Crippen LogP contribution in [0.5, 0.6) is 5.75 Å². The number of benzene rings is 2. The summed E-state index contributed by atoms with van der Waals surface area (Å²) in [5.41, 5.74) is 8.88. The molecule has 0 unspecified atom stereocenters. The van der Waals surface area contributed by atoms with Gasteiger partial charge in [-0.3, -0.25) is 19.6 Å². The summed E-state index contributed by atoms with van der Waals surface area (Å²) >= 11 is 0. The standard InChI is InChI=1S/C25H26N4O4/c1-17-4-2-3-5-20(17)32-14-10-22(30)29-13-15-33-21(16-29)24-23(27-11-12-28-24)18-6-8-19(9-7-18)25(26)31/h2-9,11-12,21H,10,13-16H2,1H3,(H2,26,31)/t21-/m0/s1. The maximum Gasteiger partial charge on any atom is 0.248 e. The van der Waals surface area contributed by atoms with Crippen LogP contribution in [0.1, 0.15) is 34.1 Å². The van der Waals surface area contributed by atoms with E-state index >= 15 is 0 Å². The molecule has 0 saturated carbocycles. The molecule has 1 aliphatic rings.